The Balaban J connectivity index is 0.00000169. The average Bonchev–Trinajstić information content (AvgIpc) is 3.06. The van der Waals surface area contributed by atoms with Gasteiger partial charge in [0.05, 0.1) is 19.2 Å². The second-order valence-corrected chi connectivity index (χ2v) is 7.16. The minimum absolute atomic E-state index is 0. The third kappa shape index (κ3) is 3.61. The normalized spacial score (nSPS) is 32.8. The van der Waals surface area contributed by atoms with E-state index in [-0.39, 0.29) is 30.5 Å². The number of hydrogen-bond donors (Lipinski definition) is 1. The molecule has 4 nitrogen and oxygen atoms in total. The number of carbonyl (C=O) groups excluding carboxylic acids is 1. The van der Waals surface area contributed by atoms with E-state index in [1.807, 2.05) is 23.1 Å². The summed E-state index contributed by atoms with van der Waals surface area (Å²) >= 11 is 0. The van der Waals surface area contributed by atoms with Crippen LogP contribution in [0.2, 0.25) is 0 Å². The fraction of sp³-hybridized carbons (Fsp3) is 0.632. The first-order valence-corrected chi connectivity index (χ1v) is 9.02. The number of morpholine rings is 1. The maximum absolute atomic E-state index is 12.9. The molecule has 1 N–H and O–H groups in total. The predicted octanol–water partition coefficient (Wildman–Crippen LogP) is 2.93. The fourth-order valence-electron chi connectivity index (χ4n) is 4.45. The van der Waals surface area contributed by atoms with Gasteiger partial charge >= 0.3 is 0 Å². The molecule has 0 spiro atoms. The standard InChI is InChI=1S/C19H26N2O2.ClH/c22-19(17-12-15-8-4-5-9-16(15)20-17)21-10-11-23-18(13-21)14-6-2-1-3-7-14;/h1-3,6-7,15-18,20H,4-5,8-13H2;1H. The maximum Gasteiger partial charge on any atom is 0.239 e. The lowest BCUT2D eigenvalue weighted by atomic mass is 9.85. The van der Waals surface area contributed by atoms with Gasteiger partial charge < -0.3 is 15.0 Å². The SMILES string of the molecule is Cl.O=C(C1CC2CCCCC2N1)N1CCOC(c2ccccc2)C1. The number of amides is 1. The molecule has 4 rings (SSSR count). The number of nitrogens with one attached hydrogen (secondary N) is 1. The molecule has 3 fully saturated rings. The highest BCUT2D eigenvalue weighted by atomic mass is 35.5. The minimum atomic E-state index is 0. The van der Waals surface area contributed by atoms with Gasteiger partial charge in [0.1, 0.15) is 6.10 Å². The van der Waals surface area contributed by atoms with Crippen LogP contribution < -0.4 is 5.32 Å². The van der Waals surface area contributed by atoms with Crippen molar-refractivity contribution < 1.29 is 9.53 Å². The van der Waals surface area contributed by atoms with Crippen molar-refractivity contribution in [1.82, 2.24) is 10.2 Å². The monoisotopic (exact) mass is 350 g/mol. The summed E-state index contributed by atoms with van der Waals surface area (Å²) < 4.78 is 5.89. The van der Waals surface area contributed by atoms with Crippen LogP contribution in [0.1, 0.15) is 43.8 Å². The summed E-state index contributed by atoms with van der Waals surface area (Å²) in [5, 5.41) is 3.61. The molecule has 2 aliphatic heterocycles. The van der Waals surface area contributed by atoms with Crippen LogP contribution >= 0.6 is 12.4 Å². The van der Waals surface area contributed by atoms with Crippen LogP contribution in [-0.2, 0) is 9.53 Å². The van der Waals surface area contributed by atoms with E-state index in [1.54, 1.807) is 0 Å². The van der Waals surface area contributed by atoms with Gasteiger partial charge in [0.25, 0.3) is 0 Å². The number of fused-ring (bicyclic) bond motifs is 1. The van der Waals surface area contributed by atoms with Crippen molar-refractivity contribution in [3.05, 3.63) is 35.9 Å². The van der Waals surface area contributed by atoms with Crippen molar-refractivity contribution >= 4 is 18.3 Å². The first kappa shape index (κ1) is 17.7. The summed E-state index contributed by atoms with van der Waals surface area (Å²) in [4.78, 5) is 14.9. The molecule has 1 aliphatic carbocycles. The van der Waals surface area contributed by atoms with Crippen LogP contribution in [-0.4, -0.2) is 42.6 Å². The number of hydrogen-bond acceptors (Lipinski definition) is 3. The lowest BCUT2D eigenvalue weighted by Crippen LogP contribution is -2.50. The Labute approximate surface area is 150 Å². The van der Waals surface area contributed by atoms with Gasteiger partial charge in [-0.1, -0.05) is 43.2 Å². The highest BCUT2D eigenvalue weighted by Crippen LogP contribution is 2.34. The van der Waals surface area contributed by atoms with Crippen LogP contribution in [0.25, 0.3) is 0 Å². The van der Waals surface area contributed by atoms with Crippen molar-refractivity contribution in [3.63, 3.8) is 0 Å². The molecule has 24 heavy (non-hydrogen) atoms. The van der Waals surface area contributed by atoms with Crippen LogP contribution in [0, 0.1) is 5.92 Å². The fourth-order valence-corrected chi connectivity index (χ4v) is 4.45. The quantitative estimate of drug-likeness (QED) is 0.891. The third-order valence-corrected chi connectivity index (χ3v) is 5.71. The van der Waals surface area contributed by atoms with Crippen molar-refractivity contribution in [2.24, 2.45) is 5.92 Å². The minimum Gasteiger partial charge on any atom is -0.370 e. The Kier molecular flexibility index (Phi) is 5.80. The Morgan fingerprint density at radius 3 is 2.75 bits per heavy atom. The molecule has 1 amide bonds. The molecule has 1 saturated carbocycles. The van der Waals surface area contributed by atoms with Gasteiger partial charge in [-0.2, -0.15) is 0 Å². The van der Waals surface area contributed by atoms with Crippen molar-refractivity contribution in [3.8, 4) is 0 Å². The molecule has 5 heteroatoms. The van der Waals surface area contributed by atoms with Gasteiger partial charge in [-0.3, -0.25) is 4.79 Å². The number of benzene rings is 1. The second-order valence-electron chi connectivity index (χ2n) is 7.16. The van der Waals surface area contributed by atoms with Crippen LogP contribution in [0.5, 0.6) is 0 Å². The van der Waals surface area contributed by atoms with Gasteiger partial charge in [-0.25, -0.2) is 0 Å². The summed E-state index contributed by atoms with van der Waals surface area (Å²) in [5.41, 5.74) is 1.16. The zero-order chi connectivity index (χ0) is 15.6. The Hall–Kier alpha value is -1.10. The molecule has 1 aromatic rings. The summed E-state index contributed by atoms with van der Waals surface area (Å²) in [6, 6.07) is 10.8. The average molecular weight is 351 g/mol. The first-order valence-electron chi connectivity index (χ1n) is 9.02. The molecule has 0 bridgehead atoms. The van der Waals surface area contributed by atoms with Gasteiger partial charge in [0.2, 0.25) is 5.91 Å². The van der Waals surface area contributed by atoms with E-state index in [2.05, 4.69) is 17.4 Å². The van der Waals surface area contributed by atoms with Crippen LogP contribution in [0.3, 0.4) is 0 Å². The Bertz CT molecular complexity index is 540. The lowest BCUT2D eigenvalue weighted by molar-refractivity contribution is -0.141. The molecule has 0 aromatic heterocycles. The number of nitrogens with zero attached hydrogens (tertiary/aromatic N) is 1. The molecular weight excluding hydrogens is 324 g/mol. The summed E-state index contributed by atoms with van der Waals surface area (Å²) in [5.74, 6) is 0.993. The zero-order valence-corrected chi connectivity index (χ0v) is 14.8. The smallest absolute Gasteiger partial charge is 0.239 e. The molecule has 4 unspecified atom stereocenters. The number of rotatable bonds is 2. The van der Waals surface area contributed by atoms with Crippen LogP contribution in [0.4, 0.5) is 0 Å². The van der Waals surface area contributed by atoms with Crippen LogP contribution in [0.15, 0.2) is 30.3 Å². The topological polar surface area (TPSA) is 41.6 Å². The van der Waals surface area contributed by atoms with Crippen molar-refractivity contribution in [1.29, 1.82) is 0 Å². The molecule has 2 saturated heterocycles. The van der Waals surface area contributed by atoms with E-state index in [9.17, 15) is 4.79 Å². The van der Waals surface area contributed by atoms with Gasteiger partial charge in [0.15, 0.2) is 0 Å². The summed E-state index contributed by atoms with van der Waals surface area (Å²) in [6.07, 6.45) is 6.20. The molecule has 0 radical (unpaired) electrons. The summed E-state index contributed by atoms with van der Waals surface area (Å²) in [7, 11) is 0. The number of halogens is 1. The Morgan fingerprint density at radius 1 is 1.17 bits per heavy atom. The van der Waals surface area contributed by atoms with E-state index in [4.69, 9.17) is 4.74 Å². The number of ether oxygens (including phenoxy) is 1. The molecule has 3 aliphatic rings. The molecule has 4 atom stereocenters. The van der Waals surface area contributed by atoms with Gasteiger partial charge in [0, 0.05) is 12.6 Å². The Morgan fingerprint density at radius 2 is 1.96 bits per heavy atom. The van der Waals surface area contributed by atoms with E-state index in [0.29, 0.717) is 25.1 Å². The van der Waals surface area contributed by atoms with Gasteiger partial charge in [-0.15, -0.1) is 12.4 Å². The molecule has 132 valence electrons. The third-order valence-electron chi connectivity index (χ3n) is 5.71. The molecule has 1 aromatic carbocycles. The maximum atomic E-state index is 12.9. The highest BCUT2D eigenvalue weighted by molar-refractivity contribution is 5.85. The summed E-state index contributed by atoms with van der Waals surface area (Å²) in [6.45, 7) is 2.02. The van der Waals surface area contributed by atoms with E-state index in [0.717, 1.165) is 18.5 Å². The lowest BCUT2D eigenvalue weighted by Gasteiger charge is -2.34. The number of carbonyl (C=O) groups is 1. The van der Waals surface area contributed by atoms with E-state index < -0.39 is 0 Å². The van der Waals surface area contributed by atoms with Crippen molar-refractivity contribution in [2.45, 2.75) is 50.3 Å². The molecule has 2 heterocycles. The second kappa shape index (κ2) is 7.85. The highest BCUT2D eigenvalue weighted by Gasteiger charge is 2.40. The van der Waals surface area contributed by atoms with Gasteiger partial charge in [-0.05, 0) is 30.7 Å². The van der Waals surface area contributed by atoms with E-state index in [1.165, 1.54) is 25.7 Å². The predicted molar refractivity (Wildman–Crippen MR) is 96.2 cm³/mol. The zero-order valence-electron chi connectivity index (χ0n) is 14.0. The van der Waals surface area contributed by atoms with Crippen molar-refractivity contribution in [2.75, 3.05) is 19.7 Å². The molecular formula is C19H27ClN2O2. The van der Waals surface area contributed by atoms with E-state index >= 15 is 0 Å². The largest absolute Gasteiger partial charge is 0.370 e. The first-order chi connectivity index (χ1) is 11.3.